The number of aliphatic hydroxyl groups excluding tert-OH is 1. The standard InChI is InChI=1S/C13H19NO4/c1-4-10(13(14)16)18-11-6-5-9(8(2)15)7-12(11)17-3/h5-8,10,15H,4H2,1-3H3,(H2,14,16). The normalized spacial score (nSPS) is 13.8. The highest BCUT2D eigenvalue weighted by Crippen LogP contribution is 2.31. The Morgan fingerprint density at radius 2 is 2.11 bits per heavy atom. The molecule has 0 aliphatic carbocycles. The summed E-state index contributed by atoms with van der Waals surface area (Å²) in [4.78, 5) is 11.1. The van der Waals surface area contributed by atoms with Crippen LogP contribution in [0.15, 0.2) is 18.2 Å². The third-order valence-corrected chi connectivity index (χ3v) is 2.63. The minimum Gasteiger partial charge on any atom is -0.493 e. The number of amides is 1. The number of nitrogens with two attached hydrogens (primary N) is 1. The van der Waals surface area contributed by atoms with E-state index >= 15 is 0 Å². The second-order valence-electron chi connectivity index (χ2n) is 4.00. The molecule has 0 saturated carbocycles. The maximum Gasteiger partial charge on any atom is 0.258 e. The van der Waals surface area contributed by atoms with Crippen molar-refractivity contribution in [2.24, 2.45) is 5.73 Å². The Balaban J connectivity index is 2.98. The number of methoxy groups -OCH3 is 1. The molecule has 100 valence electrons. The molecule has 0 saturated heterocycles. The van der Waals surface area contributed by atoms with E-state index in [2.05, 4.69) is 0 Å². The van der Waals surface area contributed by atoms with Crippen LogP contribution in [-0.2, 0) is 4.79 Å². The van der Waals surface area contributed by atoms with E-state index < -0.39 is 18.1 Å². The Morgan fingerprint density at radius 3 is 2.56 bits per heavy atom. The van der Waals surface area contributed by atoms with Crippen molar-refractivity contribution in [3.63, 3.8) is 0 Å². The summed E-state index contributed by atoms with van der Waals surface area (Å²) in [5, 5.41) is 9.48. The van der Waals surface area contributed by atoms with Crippen molar-refractivity contribution in [2.45, 2.75) is 32.5 Å². The molecular weight excluding hydrogens is 234 g/mol. The fraction of sp³-hybridized carbons (Fsp3) is 0.462. The summed E-state index contributed by atoms with van der Waals surface area (Å²) < 4.78 is 10.7. The molecule has 5 heteroatoms. The molecule has 1 aromatic rings. The SMILES string of the molecule is CCC(Oc1ccc(C(C)O)cc1OC)C(N)=O. The molecule has 2 unspecified atom stereocenters. The van der Waals surface area contributed by atoms with Gasteiger partial charge in [0.15, 0.2) is 17.6 Å². The number of benzene rings is 1. The zero-order valence-electron chi connectivity index (χ0n) is 10.8. The van der Waals surface area contributed by atoms with Crippen LogP contribution >= 0.6 is 0 Å². The summed E-state index contributed by atoms with van der Waals surface area (Å²) in [5.74, 6) is 0.389. The molecule has 1 rings (SSSR count). The molecule has 5 nitrogen and oxygen atoms in total. The largest absolute Gasteiger partial charge is 0.493 e. The maximum atomic E-state index is 11.1. The summed E-state index contributed by atoms with van der Waals surface area (Å²) in [6.07, 6.45) is -0.793. The monoisotopic (exact) mass is 253 g/mol. The topological polar surface area (TPSA) is 81.8 Å². The lowest BCUT2D eigenvalue weighted by Gasteiger charge is -2.17. The molecule has 0 fully saturated rings. The number of hydrogen-bond acceptors (Lipinski definition) is 4. The Labute approximate surface area is 107 Å². The van der Waals surface area contributed by atoms with Gasteiger partial charge in [-0.1, -0.05) is 13.0 Å². The van der Waals surface area contributed by atoms with Crippen molar-refractivity contribution >= 4 is 5.91 Å². The number of carbonyl (C=O) groups is 1. The zero-order valence-corrected chi connectivity index (χ0v) is 10.8. The molecule has 0 aromatic heterocycles. The van der Waals surface area contributed by atoms with Gasteiger partial charge in [0, 0.05) is 0 Å². The first-order valence-electron chi connectivity index (χ1n) is 5.81. The van der Waals surface area contributed by atoms with Gasteiger partial charge in [0.1, 0.15) is 0 Å². The van der Waals surface area contributed by atoms with Crippen LogP contribution in [-0.4, -0.2) is 24.2 Å². The van der Waals surface area contributed by atoms with Crippen LogP contribution in [0.2, 0.25) is 0 Å². The average molecular weight is 253 g/mol. The molecule has 0 radical (unpaired) electrons. The van der Waals surface area contributed by atoms with E-state index in [1.54, 1.807) is 25.1 Å². The van der Waals surface area contributed by atoms with E-state index in [-0.39, 0.29) is 0 Å². The molecule has 18 heavy (non-hydrogen) atoms. The number of ether oxygens (including phenoxy) is 2. The van der Waals surface area contributed by atoms with Gasteiger partial charge in [0.2, 0.25) is 0 Å². The van der Waals surface area contributed by atoms with Crippen molar-refractivity contribution in [1.29, 1.82) is 0 Å². The third kappa shape index (κ3) is 3.37. The van der Waals surface area contributed by atoms with Crippen LogP contribution in [0.5, 0.6) is 11.5 Å². The first kappa shape index (κ1) is 14.3. The van der Waals surface area contributed by atoms with Crippen molar-refractivity contribution < 1.29 is 19.4 Å². The van der Waals surface area contributed by atoms with Crippen LogP contribution < -0.4 is 15.2 Å². The Bertz CT molecular complexity index is 417. The second kappa shape index (κ2) is 6.26. The number of carbonyl (C=O) groups excluding carboxylic acids is 1. The van der Waals surface area contributed by atoms with Crippen LogP contribution in [0.1, 0.15) is 31.9 Å². The lowest BCUT2D eigenvalue weighted by atomic mass is 10.1. The average Bonchev–Trinajstić information content (AvgIpc) is 2.35. The van der Waals surface area contributed by atoms with Crippen LogP contribution in [0, 0.1) is 0 Å². The van der Waals surface area contributed by atoms with Crippen LogP contribution in [0.25, 0.3) is 0 Å². The highest BCUT2D eigenvalue weighted by atomic mass is 16.5. The minimum absolute atomic E-state index is 0.438. The predicted molar refractivity (Wildman–Crippen MR) is 67.5 cm³/mol. The van der Waals surface area contributed by atoms with Crippen molar-refractivity contribution in [3.05, 3.63) is 23.8 Å². The summed E-state index contributed by atoms with van der Waals surface area (Å²) in [5.41, 5.74) is 5.93. The highest BCUT2D eigenvalue weighted by molar-refractivity contribution is 5.79. The lowest BCUT2D eigenvalue weighted by Crippen LogP contribution is -2.33. The molecule has 0 aliphatic heterocycles. The van der Waals surface area contributed by atoms with E-state index in [0.717, 1.165) is 0 Å². The van der Waals surface area contributed by atoms with Gasteiger partial charge < -0.3 is 20.3 Å². The summed E-state index contributed by atoms with van der Waals surface area (Å²) in [6.45, 7) is 3.47. The van der Waals surface area contributed by atoms with E-state index in [9.17, 15) is 9.90 Å². The van der Waals surface area contributed by atoms with E-state index in [1.165, 1.54) is 7.11 Å². The molecule has 0 spiro atoms. The third-order valence-electron chi connectivity index (χ3n) is 2.63. The van der Waals surface area contributed by atoms with Gasteiger partial charge >= 0.3 is 0 Å². The maximum absolute atomic E-state index is 11.1. The fourth-order valence-electron chi connectivity index (χ4n) is 1.54. The first-order chi connectivity index (χ1) is 8.49. The van der Waals surface area contributed by atoms with E-state index in [1.807, 2.05) is 6.92 Å². The van der Waals surface area contributed by atoms with Gasteiger partial charge in [-0.2, -0.15) is 0 Å². The number of aliphatic hydroxyl groups is 1. The van der Waals surface area contributed by atoms with Crippen molar-refractivity contribution in [3.8, 4) is 11.5 Å². The van der Waals surface area contributed by atoms with E-state index in [0.29, 0.717) is 23.5 Å². The van der Waals surface area contributed by atoms with Gasteiger partial charge in [-0.05, 0) is 31.0 Å². The molecular formula is C13H19NO4. The smallest absolute Gasteiger partial charge is 0.258 e. The molecule has 0 heterocycles. The summed E-state index contributed by atoms with van der Waals surface area (Å²) in [6, 6.07) is 5.05. The quantitative estimate of drug-likeness (QED) is 0.802. The lowest BCUT2D eigenvalue weighted by molar-refractivity contribution is -0.124. The molecule has 1 amide bonds. The van der Waals surface area contributed by atoms with Crippen molar-refractivity contribution in [1.82, 2.24) is 0 Å². The molecule has 1 aromatic carbocycles. The number of hydrogen-bond donors (Lipinski definition) is 2. The number of rotatable bonds is 6. The Morgan fingerprint density at radius 1 is 1.44 bits per heavy atom. The second-order valence-corrected chi connectivity index (χ2v) is 4.00. The summed E-state index contributed by atoms with van der Waals surface area (Å²) in [7, 11) is 1.50. The summed E-state index contributed by atoms with van der Waals surface area (Å²) >= 11 is 0. The molecule has 0 bridgehead atoms. The first-order valence-corrected chi connectivity index (χ1v) is 5.81. The van der Waals surface area contributed by atoms with Crippen molar-refractivity contribution in [2.75, 3.05) is 7.11 Å². The van der Waals surface area contributed by atoms with Gasteiger partial charge in [0.05, 0.1) is 13.2 Å². The predicted octanol–water partition coefficient (Wildman–Crippen LogP) is 1.39. The number of primary amides is 1. The van der Waals surface area contributed by atoms with Gasteiger partial charge in [-0.25, -0.2) is 0 Å². The minimum atomic E-state index is -0.684. The molecule has 2 atom stereocenters. The van der Waals surface area contributed by atoms with E-state index in [4.69, 9.17) is 15.2 Å². The van der Waals surface area contributed by atoms with Crippen LogP contribution in [0.3, 0.4) is 0 Å². The Hall–Kier alpha value is -1.75. The van der Waals surface area contributed by atoms with Gasteiger partial charge in [-0.15, -0.1) is 0 Å². The fourth-order valence-corrected chi connectivity index (χ4v) is 1.54. The Kier molecular flexibility index (Phi) is 4.97. The van der Waals surface area contributed by atoms with Gasteiger partial charge in [0.25, 0.3) is 5.91 Å². The van der Waals surface area contributed by atoms with Gasteiger partial charge in [-0.3, -0.25) is 4.79 Å². The highest BCUT2D eigenvalue weighted by Gasteiger charge is 2.17. The molecule has 3 N–H and O–H groups in total. The zero-order chi connectivity index (χ0) is 13.7. The molecule has 0 aliphatic rings. The van der Waals surface area contributed by atoms with Crippen LogP contribution in [0.4, 0.5) is 0 Å².